The van der Waals surface area contributed by atoms with Crippen molar-refractivity contribution in [3.8, 4) is 0 Å². The van der Waals surface area contributed by atoms with E-state index in [1.54, 1.807) is 7.11 Å². The van der Waals surface area contributed by atoms with E-state index in [1.807, 2.05) is 0 Å². The average molecular weight is 284 g/mol. The fraction of sp³-hybridized carbons (Fsp3) is 1.00. The zero-order chi connectivity index (χ0) is 14.1. The highest BCUT2D eigenvalue weighted by Crippen LogP contribution is 2.30. The Bertz CT molecular complexity index is 249. The second kappa shape index (κ2) is 8.98. The van der Waals surface area contributed by atoms with Crippen molar-refractivity contribution >= 4 is 0 Å². The highest BCUT2D eigenvalue weighted by molar-refractivity contribution is 4.96. The van der Waals surface area contributed by atoms with Gasteiger partial charge < -0.3 is 19.7 Å². The highest BCUT2D eigenvalue weighted by Gasteiger charge is 2.35. The molecular formula is C16H32N2O2. The van der Waals surface area contributed by atoms with Crippen molar-refractivity contribution in [2.24, 2.45) is 0 Å². The third-order valence-corrected chi connectivity index (χ3v) is 4.71. The van der Waals surface area contributed by atoms with Gasteiger partial charge in [0.25, 0.3) is 0 Å². The van der Waals surface area contributed by atoms with Crippen LogP contribution < -0.4 is 5.32 Å². The van der Waals surface area contributed by atoms with E-state index in [0.29, 0.717) is 12.1 Å². The lowest BCUT2D eigenvalue weighted by Crippen LogP contribution is -2.61. The SMILES string of the molecule is COCCOCCCCN1CCNC2(CCCCC2)C1. The first-order chi connectivity index (χ1) is 9.85. The number of nitrogens with zero attached hydrogens (tertiary/aromatic N) is 1. The van der Waals surface area contributed by atoms with Gasteiger partial charge in [0.15, 0.2) is 0 Å². The van der Waals surface area contributed by atoms with Gasteiger partial charge in [0.2, 0.25) is 0 Å². The minimum Gasteiger partial charge on any atom is -0.382 e. The van der Waals surface area contributed by atoms with Crippen LogP contribution >= 0.6 is 0 Å². The molecule has 1 N–H and O–H groups in total. The number of rotatable bonds is 8. The Morgan fingerprint density at radius 2 is 1.90 bits per heavy atom. The van der Waals surface area contributed by atoms with E-state index in [-0.39, 0.29) is 0 Å². The zero-order valence-corrected chi connectivity index (χ0v) is 13.2. The van der Waals surface area contributed by atoms with Gasteiger partial charge in [-0.15, -0.1) is 0 Å². The van der Waals surface area contributed by atoms with E-state index >= 15 is 0 Å². The van der Waals surface area contributed by atoms with Gasteiger partial charge in [0.05, 0.1) is 13.2 Å². The van der Waals surface area contributed by atoms with Gasteiger partial charge >= 0.3 is 0 Å². The third-order valence-electron chi connectivity index (χ3n) is 4.71. The Balaban J connectivity index is 1.56. The first kappa shape index (κ1) is 16.2. The maximum atomic E-state index is 5.52. The summed E-state index contributed by atoms with van der Waals surface area (Å²) < 4.78 is 10.5. The molecule has 0 unspecified atom stereocenters. The van der Waals surface area contributed by atoms with Crippen LogP contribution in [0.3, 0.4) is 0 Å². The first-order valence-corrected chi connectivity index (χ1v) is 8.39. The molecule has 1 aliphatic carbocycles. The highest BCUT2D eigenvalue weighted by atomic mass is 16.5. The number of nitrogens with one attached hydrogen (secondary N) is 1. The fourth-order valence-corrected chi connectivity index (χ4v) is 3.58. The van der Waals surface area contributed by atoms with Gasteiger partial charge in [-0.3, -0.25) is 0 Å². The minimum absolute atomic E-state index is 0.450. The van der Waals surface area contributed by atoms with Crippen LogP contribution in [0.5, 0.6) is 0 Å². The second-order valence-electron chi connectivity index (χ2n) is 6.36. The van der Waals surface area contributed by atoms with E-state index in [0.717, 1.165) is 13.2 Å². The number of hydrogen-bond acceptors (Lipinski definition) is 4. The standard InChI is InChI=1S/C16H32N2O2/c1-19-13-14-20-12-6-5-10-18-11-9-17-16(15-18)7-3-2-4-8-16/h17H,2-15H2,1H3. The van der Waals surface area contributed by atoms with Crippen LogP contribution in [0.1, 0.15) is 44.9 Å². The summed E-state index contributed by atoms with van der Waals surface area (Å²) in [6, 6.07) is 0. The molecule has 1 aliphatic heterocycles. The zero-order valence-electron chi connectivity index (χ0n) is 13.2. The van der Waals surface area contributed by atoms with Gasteiger partial charge in [-0.25, -0.2) is 0 Å². The van der Waals surface area contributed by atoms with Gasteiger partial charge in [-0.1, -0.05) is 19.3 Å². The van der Waals surface area contributed by atoms with Crippen molar-refractivity contribution in [3.63, 3.8) is 0 Å². The number of hydrogen-bond donors (Lipinski definition) is 1. The molecular weight excluding hydrogens is 252 g/mol. The second-order valence-corrected chi connectivity index (χ2v) is 6.36. The summed E-state index contributed by atoms with van der Waals surface area (Å²) in [6.45, 7) is 7.19. The lowest BCUT2D eigenvalue weighted by atomic mass is 9.80. The van der Waals surface area contributed by atoms with Gasteiger partial charge in [-0.2, -0.15) is 0 Å². The van der Waals surface area contributed by atoms with Crippen LogP contribution in [0, 0.1) is 0 Å². The Morgan fingerprint density at radius 1 is 1.05 bits per heavy atom. The summed E-state index contributed by atoms with van der Waals surface area (Å²) >= 11 is 0. The molecule has 0 radical (unpaired) electrons. The molecule has 1 spiro atoms. The fourth-order valence-electron chi connectivity index (χ4n) is 3.58. The molecule has 0 aromatic carbocycles. The molecule has 0 atom stereocenters. The molecule has 2 aliphatic rings. The number of methoxy groups -OCH3 is 1. The molecule has 20 heavy (non-hydrogen) atoms. The summed E-state index contributed by atoms with van der Waals surface area (Å²) in [5.74, 6) is 0. The van der Waals surface area contributed by atoms with Crippen molar-refractivity contribution in [1.29, 1.82) is 0 Å². The molecule has 0 amide bonds. The molecule has 2 rings (SSSR count). The number of ether oxygens (including phenoxy) is 2. The molecule has 0 aromatic heterocycles. The maximum absolute atomic E-state index is 5.52. The topological polar surface area (TPSA) is 33.7 Å². The van der Waals surface area contributed by atoms with Crippen molar-refractivity contribution < 1.29 is 9.47 Å². The lowest BCUT2D eigenvalue weighted by Gasteiger charge is -2.46. The lowest BCUT2D eigenvalue weighted by molar-refractivity contribution is 0.0642. The monoisotopic (exact) mass is 284 g/mol. The molecule has 2 fully saturated rings. The van der Waals surface area contributed by atoms with Gasteiger partial charge in [-0.05, 0) is 32.2 Å². The van der Waals surface area contributed by atoms with E-state index in [4.69, 9.17) is 9.47 Å². The van der Waals surface area contributed by atoms with E-state index in [1.165, 1.54) is 71.1 Å². The maximum Gasteiger partial charge on any atom is 0.0700 e. The molecule has 1 saturated carbocycles. The van der Waals surface area contributed by atoms with Crippen molar-refractivity contribution in [3.05, 3.63) is 0 Å². The molecule has 4 heteroatoms. The van der Waals surface area contributed by atoms with Crippen LogP contribution in [0.4, 0.5) is 0 Å². The Morgan fingerprint density at radius 3 is 2.70 bits per heavy atom. The van der Waals surface area contributed by atoms with Crippen molar-refractivity contribution in [2.45, 2.75) is 50.5 Å². The summed E-state index contributed by atoms with van der Waals surface area (Å²) in [4.78, 5) is 2.66. The van der Waals surface area contributed by atoms with Crippen LogP contribution in [0.25, 0.3) is 0 Å². The summed E-state index contributed by atoms with van der Waals surface area (Å²) in [5.41, 5.74) is 0.450. The molecule has 118 valence electrons. The van der Waals surface area contributed by atoms with E-state index in [9.17, 15) is 0 Å². The molecule has 4 nitrogen and oxygen atoms in total. The Hall–Kier alpha value is -0.160. The van der Waals surface area contributed by atoms with E-state index < -0.39 is 0 Å². The number of piperazine rings is 1. The largest absolute Gasteiger partial charge is 0.382 e. The average Bonchev–Trinajstić information content (AvgIpc) is 2.47. The predicted octanol–water partition coefficient (Wildman–Crippen LogP) is 2.04. The van der Waals surface area contributed by atoms with Gasteiger partial charge in [0.1, 0.15) is 0 Å². The Kier molecular flexibility index (Phi) is 7.28. The van der Waals surface area contributed by atoms with Gasteiger partial charge in [0, 0.05) is 38.9 Å². The van der Waals surface area contributed by atoms with Crippen molar-refractivity contribution in [1.82, 2.24) is 10.2 Å². The Labute approximate surface area is 124 Å². The van der Waals surface area contributed by atoms with Crippen LogP contribution in [0.15, 0.2) is 0 Å². The van der Waals surface area contributed by atoms with Crippen molar-refractivity contribution in [2.75, 3.05) is 53.1 Å². The van der Waals surface area contributed by atoms with E-state index in [2.05, 4.69) is 10.2 Å². The summed E-state index contributed by atoms with van der Waals surface area (Å²) in [6.07, 6.45) is 9.43. The third kappa shape index (κ3) is 5.32. The number of unbranched alkanes of at least 4 members (excludes halogenated alkanes) is 1. The molecule has 0 bridgehead atoms. The van der Waals surface area contributed by atoms with Crippen LogP contribution in [0.2, 0.25) is 0 Å². The van der Waals surface area contributed by atoms with Crippen LogP contribution in [-0.4, -0.2) is 63.5 Å². The predicted molar refractivity (Wildman–Crippen MR) is 82.2 cm³/mol. The first-order valence-electron chi connectivity index (χ1n) is 8.39. The smallest absolute Gasteiger partial charge is 0.0700 e. The summed E-state index contributed by atoms with van der Waals surface area (Å²) in [5, 5.41) is 3.81. The van der Waals surface area contributed by atoms with Crippen LogP contribution in [-0.2, 0) is 9.47 Å². The summed E-state index contributed by atoms with van der Waals surface area (Å²) in [7, 11) is 1.72. The molecule has 0 aromatic rings. The minimum atomic E-state index is 0.450. The quantitative estimate of drug-likeness (QED) is 0.692. The molecule has 1 heterocycles. The normalized spacial score (nSPS) is 23.2. The molecule has 1 saturated heterocycles.